The SMILES string of the molecule is c1ccc2c(c1)ccc1c3cccc(-c4c5ccccc5c(-c5cccc6c5oc5c7ccccc7ccc65)c5c4ccc4ccccc45)c3oc21. The second-order valence-corrected chi connectivity index (χ2v) is 13.9. The molecule has 2 heterocycles. The Labute approximate surface area is 297 Å². The van der Waals surface area contributed by atoms with Gasteiger partial charge in [0.15, 0.2) is 0 Å². The molecule has 12 rings (SSSR count). The zero-order valence-electron chi connectivity index (χ0n) is 28.0. The highest BCUT2D eigenvalue weighted by Gasteiger charge is 2.24. The zero-order chi connectivity index (χ0) is 33.9. The van der Waals surface area contributed by atoms with Crippen LogP contribution in [-0.2, 0) is 0 Å². The second-order valence-electron chi connectivity index (χ2n) is 13.9. The largest absolute Gasteiger partial charge is 0.455 e. The molecule has 0 amide bonds. The quantitative estimate of drug-likeness (QED) is 0.136. The molecule has 2 heteroatoms. The summed E-state index contributed by atoms with van der Waals surface area (Å²) in [5.41, 5.74) is 8.23. The van der Waals surface area contributed by atoms with E-state index < -0.39 is 0 Å². The van der Waals surface area contributed by atoms with Crippen LogP contribution in [0.3, 0.4) is 0 Å². The average Bonchev–Trinajstić information content (AvgIpc) is 3.79. The van der Waals surface area contributed by atoms with Gasteiger partial charge in [-0.25, -0.2) is 0 Å². The Kier molecular flexibility index (Phi) is 5.53. The van der Waals surface area contributed by atoms with Crippen molar-refractivity contribution in [3.63, 3.8) is 0 Å². The lowest BCUT2D eigenvalue weighted by Crippen LogP contribution is -1.92. The Bertz CT molecular complexity index is 3470. The van der Waals surface area contributed by atoms with Gasteiger partial charge in [-0.2, -0.15) is 0 Å². The Balaban J connectivity index is 1.26. The highest BCUT2D eigenvalue weighted by Crippen LogP contribution is 2.50. The number of para-hydroxylation sites is 2. The lowest BCUT2D eigenvalue weighted by molar-refractivity contribution is 0.673. The first-order valence-electron chi connectivity index (χ1n) is 17.8. The number of furan rings is 2. The van der Waals surface area contributed by atoms with Crippen molar-refractivity contribution in [2.45, 2.75) is 0 Å². The minimum absolute atomic E-state index is 0.909. The van der Waals surface area contributed by atoms with Crippen LogP contribution in [0.2, 0.25) is 0 Å². The summed E-state index contributed by atoms with van der Waals surface area (Å²) in [6.07, 6.45) is 0. The highest BCUT2D eigenvalue weighted by molar-refractivity contribution is 6.31. The third-order valence-electron chi connectivity index (χ3n) is 11.2. The summed E-state index contributed by atoms with van der Waals surface area (Å²) in [5.74, 6) is 0. The van der Waals surface area contributed by atoms with E-state index in [4.69, 9.17) is 8.83 Å². The number of hydrogen-bond donors (Lipinski definition) is 0. The Morgan fingerprint density at radius 2 is 0.615 bits per heavy atom. The lowest BCUT2D eigenvalue weighted by atomic mass is 9.83. The first-order chi connectivity index (χ1) is 25.8. The molecule has 52 heavy (non-hydrogen) atoms. The normalized spacial score (nSPS) is 12.2. The molecule has 2 aromatic heterocycles. The molecule has 0 radical (unpaired) electrons. The number of benzene rings is 10. The predicted molar refractivity (Wildman–Crippen MR) is 219 cm³/mol. The van der Waals surface area contributed by atoms with Gasteiger partial charge in [0, 0.05) is 54.6 Å². The van der Waals surface area contributed by atoms with E-state index in [2.05, 4.69) is 170 Å². The fourth-order valence-electron chi connectivity index (χ4n) is 8.96. The molecule has 0 N–H and O–H groups in total. The molecule has 12 aromatic rings. The fourth-order valence-corrected chi connectivity index (χ4v) is 8.96. The van der Waals surface area contributed by atoms with Crippen LogP contribution in [0.5, 0.6) is 0 Å². The number of rotatable bonds is 2. The van der Waals surface area contributed by atoms with Crippen molar-refractivity contribution >= 4 is 97.7 Å². The third kappa shape index (κ3) is 3.68. The van der Waals surface area contributed by atoms with Crippen LogP contribution in [0.4, 0.5) is 0 Å². The smallest absolute Gasteiger partial charge is 0.143 e. The van der Waals surface area contributed by atoms with Crippen molar-refractivity contribution in [3.05, 3.63) is 170 Å². The minimum atomic E-state index is 0.909. The lowest BCUT2D eigenvalue weighted by Gasteiger charge is -2.19. The first kappa shape index (κ1) is 27.9. The molecule has 0 aliphatic heterocycles. The predicted octanol–water partition coefficient (Wildman–Crippen LogP) is 14.6. The van der Waals surface area contributed by atoms with Gasteiger partial charge in [-0.05, 0) is 55.2 Å². The Morgan fingerprint density at radius 3 is 1.17 bits per heavy atom. The van der Waals surface area contributed by atoms with E-state index in [-0.39, 0.29) is 0 Å². The molecule has 2 nitrogen and oxygen atoms in total. The maximum atomic E-state index is 6.99. The standard InChI is InChI=1S/C50H28O2/c1-4-14-32-29(11-1)25-28-41-44(42-21-9-19-37-39-26-23-30-12-2-5-15-33(30)47(39)51-49(37)42)35-17-7-8-18-36(35)46(45(32)41)43-22-10-20-38-40-27-24-31-13-3-6-16-34(31)48(40)52-50(38)43/h1-28H. The summed E-state index contributed by atoms with van der Waals surface area (Å²) in [5, 5.41) is 16.3. The van der Waals surface area contributed by atoms with E-state index in [1.807, 2.05) is 0 Å². The van der Waals surface area contributed by atoms with Gasteiger partial charge >= 0.3 is 0 Å². The summed E-state index contributed by atoms with van der Waals surface area (Å²) in [4.78, 5) is 0. The van der Waals surface area contributed by atoms with E-state index in [9.17, 15) is 0 Å². The second kappa shape index (κ2) is 10.3. The summed E-state index contributed by atoms with van der Waals surface area (Å²) in [6.45, 7) is 0. The average molecular weight is 661 g/mol. The van der Waals surface area contributed by atoms with Crippen LogP contribution >= 0.6 is 0 Å². The minimum Gasteiger partial charge on any atom is -0.455 e. The van der Waals surface area contributed by atoms with Crippen LogP contribution in [0.15, 0.2) is 179 Å². The Hall–Kier alpha value is -6.90. The van der Waals surface area contributed by atoms with Gasteiger partial charge in [0.25, 0.3) is 0 Å². The van der Waals surface area contributed by atoms with E-state index >= 15 is 0 Å². The molecule has 0 aliphatic carbocycles. The zero-order valence-corrected chi connectivity index (χ0v) is 28.0. The maximum absolute atomic E-state index is 6.99. The molecular weight excluding hydrogens is 633 g/mol. The van der Waals surface area contributed by atoms with E-state index in [0.717, 1.165) is 65.8 Å². The molecule has 10 aromatic carbocycles. The van der Waals surface area contributed by atoms with Crippen molar-refractivity contribution in [2.75, 3.05) is 0 Å². The van der Waals surface area contributed by atoms with Crippen molar-refractivity contribution < 1.29 is 8.83 Å². The Morgan fingerprint density at radius 1 is 0.231 bits per heavy atom. The van der Waals surface area contributed by atoms with Crippen LogP contribution in [-0.4, -0.2) is 0 Å². The van der Waals surface area contributed by atoms with Crippen LogP contribution in [0.1, 0.15) is 0 Å². The number of fused-ring (bicyclic) bond motifs is 14. The van der Waals surface area contributed by atoms with Crippen LogP contribution < -0.4 is 0 Å². The van der Waals surface area contributed by atoms with Crippen molar-refractivity contribution in [3.8, 4) is 22.3 Å². The fraction of sp³-hybridized carbons (Fsp3) is 0. The van der Waals surface area contributed by atoms with Gasteiger partial charge in [-0.3, -0.25) is 0 Å². The van der Waals surface area contributed by atoms with Crippen molar-refractivity contribution in [2.24, 2.45) is 0 Å². The highest BCUT2D eigenvalue weighted by atomic mass is 16.3. The van der Waals surface area contributed by atoms with Gasteiger partial charge in [0.2, 0.25) is 0 Å². The molecule has 0 fully saturated rings. The molecule has 0 aliphatic rings. The van der Waals surface area contributed by atoms with Crippen LogP contribution in [0.25, 0.3) is 120 Å². The van der Waals surface area contributed by atoms with Gasteiger partial charge in [-0.15, -0.1) is 0 Å². The van der Waals surface area contributed by atoms with Gasteiger partial charge < -0.3 is 8.83 Å². The van der Waals surface area contributed by atoms with Gasteiger partial charge in [0.05, 0.1) is 0 Å². The summed E-state index contributed by atoms with van der Waals surface area (Å²) >= 11 is 0. The van der Waals surface area contributed by atoms with Gasteiger partial charge in [0.1, 0.15) is 22.3 Å². The summed E-state index contributed by atoms with van der Waals surface area (Å²) in [7, 11) is 0. The molecule has 240 valence electrons. The maximum Gasteiger partial charge on any atom is 0.143 e. The molecule has 0 atom stereocenters. The molecule has 0 saturated carbocycles. The molecule has 0 bridgehead atoms. The molecular formula is C50H28O2. The van der Waals surface area contributed by atoms with E-state index in [0.29, 0.717) is 0 Å². The monoisotopic (exact) mass is 660 g/mol. The first-order valence-corrected chi connectivity index (χ1v) is 17.8. The van der Waals surface area contributed by atoms with Crippen molar-refractivity contribution in [1.29, 1.82) is 0 Å². The van der Waals surface area contributed by atoms with Crippen LogP contribution in [0, 0.1) is 0 Å². The topological polar surface area (TPSA) is 26.3 Å². The molecule has 0 unspecified atom stereocenters. The molecule has 0 spiro atoms. The molecule has 0 saturated heterocycles. The van der Waals surface area contributed by atoms with Gasteiger partial charge in [-0.1, -0.05) is 158 Å². The summed E-state index contributed by atoms with van der Waals surface area (Å²) in [6, 6.07) is 61.2. The number of hydrogen-bond acceptors (Lipinski definition) is 2. The third-order valence-corrected chi connectivity index (χ3v) is 11.2. The van der Waals surface area contributed by atoms with E-state index in [1.54, 1.807) is 0 Å². The van der Waals surface area contributed by atoms with Crippen molar-refractivity contribution in [1.82, 2.24) is 0 Å². The summed E-state index contributed by atoms with van der Waals surface area (Å²) < 4.78 is 14.0. The van der Waals surface area contributed by atoms with E-state index in [1.165, 1.54) is 54.2 Å².